The van der Waals surface area contributed by atoms with Gasteiger partial charge in [-0.25, -0.2) is 0 Å². The number of hydrogen-bond acceptors (Lipinski definition) is 3. The first-order valence-corrected chi connectivity index (χ1v) is 13.0. The molecule has 0 spiro atoms. The number of nitrogens with zero attached hydrogens (tertiary/aromatic N) is 1. The van der Waals surface area contributed by atoms with Crippen LogP contribution in [0.4, 0.5) is 0 Å². The minimum Gasteiger partial charge on any atom is -0.418 e. The van der Waals surface area contributed by atoms with Gasteiger partial charge >= 0.3 is 0 Å². The van der Waals surface area contributed by atoms with Crippen LogP contribution in [-0.4, -0.2) is 45.0 Å². The highest BCUT2D eigenvalue weighted by Crippen LogP contribution is 2.47. The van der Waals surface area contributed by atoms with Gasteiger partial charge in [0.25, 0.3) is 0 Å². The molecule has 1 fully saturated rings. The van der Waals surface area contributed by atoms with Crippen molar-refractivity contribution < 1.29 is 9.53 Å². The van der Waals surface area contributed by atoms with E-state index in [1.165, 1.54) is 5.56 Å². The molecule has 3 rings (SSSR count). The van der Waals surface area contributed by atoms with Crippen molar-refractivity contribution in [3.8, 4) is 0 Å². The molecular weight excluding hydrogens is 422 g/mol. The summed E-state index contributed by atoms with van der Waals surface area (Å²) in [5.74, 6) is 0. The molecule has 1 aliphatic heterocycles. The monoisotopic (exact) mass is 459 g/mol. The van der Waals surface area contributed by atoms with Crippen molar-refractivity contribution in [1.82, 2.24) is 4.90 Å². The standard InChI is InChI=1S/C26H38ClNO2Si/c1-24(2,3)31-30-25(4,5)26(21-9-7-6-8-10-21)15-17-28(18-16-26)19-23(29)20-11-13-22(27)14-12-20/h6-14,23,29H,15-19,31H2,1-5H3. The van der Waals surface area contributed by atoms with Crippen LogP contribution in [-0.2, 0) is 9.84 Å². The van der Waals surface area contributed by atoms with Gasteiger partial charge in [0.15, 0.2) is 9.76 Å². The molecule has 0 aromatic heterocycles. The Morgan fingerprint density at radius 2 is 1.58 bits per heavy atom. The van der Waals surface area contributed by atoms with Crippen LogP contribution >= 0.6 is 11.6 Å². The number of halogens is 1. The summed E-state index contributed by atoms with van der Waals surface area (Å²) < 4.78 is 6.75. The summed E-state index contributed by atoms with van der Waals surface area (Å²) in [6.45, 7) is 14.0. The maximum atomic E-state index is 10.7. The molecule has 170 valence electrons. The lowest BCUT2D eigenvalue weighted by Gasteiger charge is -2.52. The van der Waals surface area contributed by atoms with Crippen LogP contribution in [0.5, 0.6) is 0 Å². The van der Waals surface area contributed by atoms with E-state index in [1.54, 1.807) is 0 Å². The van der Waals surface area contributed by atoms with Crippen molar-refractivity contribution in [2.24, 2.45) is 0 Å². The molecular formula is C26H38ClNO2Si. The normalized spacial score (nSPS) is 19.1. The van der Waals surface area contributed by atoms with Crippen LogP contribution in [0.3, 0.4) is 0 Å². The van der Waals surface area contributed by atoms with E-state index in [9.17, 15) is 5.11 Å². The van der Waals surface area contributed by atoms with Crippen LogP contribution in [0.25, 0.3) is 0 Å². The fraction of sp³-hybridized carbons (Fsp3) is 0.538. The van der Waals surface area contributed by atoms with Gasteiger partial charge in [0.05, 0.1) is 11.7 Å². The number of likely N-dealkylation sites (tertiary alicyclic amines) is 1. The van der Waals surface area contributed by atoms with Gasteiger partial charge < -0.3 is 14.4 Å². The van der Waals surface area contributed by atoms with E-state index in [0.29, 0.717) is 11.6 Å². The quantitative estimate of drug-likeness (QED) is 0.554. The molecule has 1 saturated heterocycles. The predicted molar refractivity (Wildman–Crippen MR) is 134 cm³/mol. The van der Waals surface area contributed by atoms with Gasteiger partial charge in [0, 0.05) is 17.0 Å². The van der Waals surface area contributed by atoms with Crippen molar-refractivity contribution >= 4 is 21.4 Å². The Morgan fingerprint density at radius 1 is 1.00 bits per heavy atom. The van der Waals surface area contributed by atoms with E-state index in [0.717, 1.165) is 31.5 Å². The van der Waals surface area contributed by atoms with Gasteiger partial charge in [-0.2, -0.15) is 0 Å². The fourth-order valence-electron chi connectivity index (χ4n) is 4.68. The highest BCUT2D eigenvalue weighted by molar-refractivity contribution is 6.32. The molecule has 1 heterocycles. The topological polar surface area (TPSA) is 32.7 Å². The molecule has 0 amide bonds. The largest absolute Gasteiger partial charge is 0.418 e. The Hall–Kier alpha value is -1.17. The van der Waals surface area contributed by atoms with Gasteiger partial charge in [-0.05, 0) is 68.1 Å². The third-order valence-electron chi connectivity index (χ3n) is 6.74. The van der Waals surface area contributed by atoms with Crippen LogP contribution in [0, 0.1) is 0 Å². The highest BCUT2D eigenvalue weighted by Gasteiger charge is 2.49. The highest BCUT2D eigenvalue weighted by atomic mass is 35.5. The van der Waals surface area contributed by atoms with E-state index in [1.807, 2.05) is 24.3 Å². The lowest BCUT2D eigenvalue weighted by atomic mass is 9.63. The molecule has 3 nitrogen and oxygen atoms in total. The molecule has 1 aliphatic rings. The lowest BCUT2D eigenvalue weighted by Crippen LogP contribution is -2.56. The third-order valence-corrected chi connectivity index (χ3v) is 8.72. The average Bonchev–Trinajstić information content (AvgIpc) is 2.73. The molecule has 0 radical (unpaired) electrons. The lowest BCUT2D eigenvalue weighted by molar-refractivity contribution is -0.0258. The summed E-state index contributed by atoms with van der Waals surface area (Å²) in [6.07, 6.45) is 1.55. The van der Waals surface area contributed by atoms with Crippen LogP contribution in [0.2, 0.25) is 10.1 Å². The number of aliphatic hydroxyl groups excluding tert-OH is 1. The summed E-state index contributed by atoms with van der Waals surface area (Å²) in [5.41, 5.74) is 2.05. The van der Waals surface area contributed by atoms with Crippen molar-refractivity contribution in [3.05, 3.63) is 70.7 Å². The van der Waals surface area contributed by atoms with Crippen molar-refractivity contribution in [3.63, 3.8) is 0 Å². The SMILES string of the molecule is CC(C)(C)[SiH2]OC(C)(C)C1(c2ccccc2)CCN(CC(O)c2ccc(Cl)cc2)CC1. The Bertz CT molecular complexity index is 825. The van der Waals surface area contributed by atoms with E-state index < -0.39 is 15.9 Å². The van der Waals surface area contributed by atoms with Gasteiger partial charge in [-0.15, -0.1) is 0 Å². The summed E-state index contributed by atoms with van der Waals surface area (Å²) >= 11 is 5.99. The van der Waals surface area contributed by atoms with Gasteiger partial charge in [0.1, 0.15) is 0 Å². The second-order valence-corrected chi connectivity index (χ2v) is 13.8. The first-order valence-electron chi connectivity index (χ1n) is 11.4. The molecule has 1 atom stereocenters. The summed E-state index contributed by atoms with van der Waals surface area (Å²) in [5, 5.41) is 11.7. The Kier molecular flexibility index (Phi) is 7.70. The van der Waals surface area contributed by atoms with Gasteiger partial charge in [0.2, 0.25) is 0 Å². The van der Waals surface area contributed by atoms with Crippen molar-refractivity contribution in [2.45, 2.75) is 69.6 Å². The Morgan fingerprint density at radius 3 is 2.13 bits per heavy atom. The third kappa shape index (κ3) is 5.99. The molecule has 2 aromatic carbocycles. The summed E-state index contributed by atoms with van der Waals surface area (Å²) in [6, 6.07) is 18.4. The molecule has 2 aromatic rings. The zero-order valence-electron chi connectivity index (χ0n) is 19.7. The molecule has 1 unspecified atom stereocenters. The number of piperidine rings is 1. The Balaban J connectivity index is 1.75. The number of rotatable bonds is 7. The number of aliphatic hydroxyl groups is 1. The van der Waals surface area contributed by atoms with Crippen molar-refractivity contribution in [1.29, 1.82) is 0 Å². The number of benzene rings is 2. The minimum atomic E-state index is -0.675. The second kappa shape index (κ2) is 9.76. The van der Waals surface area contributed by atoms with Crippen molar-refractivity contribution in [2.75, 3.05) is 19.6 Å². The maximum absolute atomic E-state index is 10.7. The predicted octanol–water partition coefficient (Wildman–Crippen LogP) is 5.50. The Labute approximate surface area is 195 Å². The molecule has 0 bridgehead atoms. The summed E-state index contributed by atoms with van der Waals surface area (Å²) in [7, 11) is -0.675. The van der Waals surface area contributed by atoms with Crippen LogP contribution in [0.1, 0.15) is 64.7 Å². The molecule has 31 heavy (non-hydrogen) atoms. The van der Waals surface area contributed by atoms with E-state index >= 15 is 0 Å². The first kappa shape index (κ1) is 24.5. The molecule has 0 saturated carbocycles. The maximum Gasteiger partial charge on any atom is 0.167 e. The average molecular weight is 460 g/mol. The van der Waals surface area contributed by atoms with Gasteiger partial charge in [-0.1, -0.05) is 74.8 Å². The summed E-state index contributed by atoms with van der Waals surface area (Å²) in [4.78, 5) is 2.39. The van der Waals surface area contributed by atoms with Crippen LogP contribution in [0.15, 0.2) is 54.6 Å². The number of hydrogen-bond donors (Lipinski definition) is 1. The molecule has 5 heteroatoms. The van der Waals surface area contributed by atoms with Crippen LogP contribution < -0.4 is 0 Å². The fourth-order valence-corrected chi connectivity index (χ4v) is 5.88. The smallest absolute Gasteiger partial charge is 0.167 e. The van der Waals surface area contributed by atoms with Gasteiger partial charge in [-0.3, -0.25) is 0 Å². The number of β-amino-alcohol motifs (C(OH)–C–C–N with tert-alkyl or cyclic N) is 1. The van der Waals surface area contributed by atoms with E-state index in [2.05, 4.69) is 69.9 Å². The first-order chi connectivity index (χ1) is 14.5. The van der Waals surface area contributed by atoms with E-state index in [-0.39, 0.29) is 16.1 Å². The minimum absolute atomic E-state index is 0.0196. The van der Waals surface area contributed by atoms with E-state index in [4.69, 9.17) is 16.0 Å². The molecule has 0 aliphatic carbocycles. The second-order valence-electron chi connectivity index (χ2n) is 10.7. The zero-order chi connectivity index (χ0) is 22.7. The molecule has 1 N–H and O–H groups in total. The zero-order valence-corrected chi connectivity index (χ0v) is 21.9.